The first-order valence-corrected chi connectivity index (χ1v) is 9.94. The maximum Gasteiger partial charge on any atom is 0.191 e. The van der Waals surface area contributed by atoms with E-state index >= 15 is 0 Å². The van der Waals surface area contributed by atoms with Crippen molar-refractivity contribution in [3.8, 4) is 0 Å². The van der Waals surface area contributed by atoms with Gasteiger partial charge in [0.05, 0.1) is 17.2 Å². The van der Waals surface area contributed by atoms with Gasteiger partial charge in [-0.05, 0) is 54.3 Å². The summed E-state index contributed by atoms with van der Waals surface area (Å²) >= 11 is 1.74. The summed E-state index contributed by atoms with van der Waals surface area (Å²) in [6.45, 7) is 9.99. The molecule has 24 heavy (non-hydrogen) atoms. The molecule has 0 bridgehead atoms. The Morgan fingerprint density at radius 1 is 1.08 bits per heavy atom. The van der Waals surface area contributed by atoms with Gasteiger partial charge >= 0.3 is 0 Å². The summed E-state index contributed by atoms with van der Waals surface area (Å²) in [4.78, 5) is 12.7. The van der Waals surface area contributed by atoms with E-state index in [0.29, 0.717) is 6.54 Å². The van der Waals surface area contributed by atoms with E-state index in [0.717, 1.165) is 29.8 Å². The van der Waals surface area contributed by atoms with Gasteiger partial charge in [-0.15, -0.1) is 11.3 Å². The molecule has 0 aliphatic rings. The van der Waals surface area contributed by atoms with E-state index in [1.165, 1.54) is 43.5 Å². The van der Waals surface area contributed by atoms with Gasteiger partial charge in [-0.1, -0.05) is 19.3 Å². The second-order valence-corrected chi connectivity index (χ2v) is 7.72. The van der Waals surface area contributed by atoms with Crippen LogP contribution in [0.1, 0.15) is 54.6 Å². The Hall–Kier alpha value is -1.14. The standard InChI is InChI=1S/C18H35N5S/c1-6-19-18(21-14-17-15(2)22-16(3)24-17)20-12-10-8-7-9-11-13-23(4)5/h6-14H2,1-5H3,(H2,19,20,21). The lowest BCUT2D eigenvalue weighted by Crippen LogP contribution is -2.37. The third-order valence-corrected chi connectivity index (χ3v) is 4.86. The molecule has 0 aliphatic carbocycles. The number of nitrogens with zero attached hydrogens (tertiary/aromatic N) is 3. The fraction of sp³-hybridized carbons (Fsp3) is 0.778. The number of aliphatic imine (C=N–C) groups is 1. The highest BCUT2D eigenvalue weighted by atomic mass is 32.1. The van der Waals surface area contributed by atoms with Crippen molar-refractivity contribution in [3.63, 3.8) is 0 Å². The summed E-state index contributed by atoms with van der Waals surface area (Å²) in [7, 11) is 4.28. The lowest BCUT2D eigenvalue weighted by molar-refractivity contribution is 0.389. The Morgan fingerprint density at radius 2 is 1.79 bits per heavy atom. The van der Waals surface area contributed by atoms with Crippen molar-refractivity contribution in [2.75, 3.05) is 33.7 Å². The smallest absolute Gasteiger partial charge is 0.191 e. The van der Waals surface area contributed by atoms with Gasteiger partial charge in [-0.3, -0.25) is 0 Å². The zero-order chi connectivity index (χ0) is 17.8. The van der Waals surface area contributed by atoms with Crippen molar-refractivity contribution in [2.45, 2.75) is 59.4 Å². The molecule has 6 heteroatoms. The van der Waals surface area contributed by atoms with E-state index < -0.39 is 0 Å². The quantitative estimate of drug-likeness (QED) is 0.364. The molecule has 5 nitrogen and oxygen atoms in total. The minimum Gasteiger partial charge on any atom is -0.357 e. The summed E-state index contributed by atoms with van der Waals surface area (Å²) in [6, 6.07) is 0. The van der Waals surface area contributed by atoms with Crippen LogP contribution in [0.25, 0.3) is 0 Å². The summed E-state index contributed by atoms with van der Waals surface area (Å²) in [5.41, 5.74) is 1.11. The van der Waals surface area contributed by atoms with Gasteiger partial charge in [0.25, 0.3) is 0 Å². The highest BCUT2D eigenvalue weighted by Gasteiger charge is 2.04. The van der Waals surface area contributed by atoms with Gasteiger partial charge in [0.1, 0.15) is 0 Å². The Balaban J connectivity index is 2.23. The summed E-state index contributed by atoms with van der Waals surface area (Å²) < 4.78 is 0. The predicted molar refractivity (Wildman–Crippen MR) is 106 cm³/mol. The highest BCUT2D eigenvalue weighted by molar-refractivity contribution is 7.11. The zero-order valence-electron chi connectivity index (χ0n) is 16.1. The van der Waals surface area contributed by atoms with Gasteiger partial charge in [-0.2, -0.15) is 0 Å². The van der Waals surface area contributed by atoms with Crippen LogP contribution in [-0.4, -0.2) is 49.6 Å². The molecule has 1 rings (SSSR count). The van der Waals surface area contributed by atoms with E-state index in [1.54, 1.807) is 11.3 Å². The minimum atomic E-state index is 0.706. The van der Waals surface area contributed by atoms with Gasteiger partial charge < -0.3 is 15.5 Å². The number of nitrogens with one attached hydrogen (secondary N) is 2. The average Bonchev–Trinajstić information content (AvgIpc) is 2.84. The second kappa shape index (κ2) is 12.3. The number of hydrogen-bond acceptors (Lipinski definition) is 4. The molecule has 138 valence electrons. The molecule has 1 aromatic rings. The molecule has 0 saturated carbocycles. The molecule has 0 fully saturated rings. The van der Waals surface area contributed by atoms with Crippen molar-refractivity contribution >= 4 is 17.3 Å². The first kappa shape index (κ1) is 20.9. The van der Waals surface area contributed by atoms with Gasteiger partial charge in [0.15, 0.2) is 5.96 Å². The summed E-state index contributed by atoms with van der Waals surface area (Å²) in [5.74, 6) is 0.913. The molecule has 0 atom stereocenters. The van der Waals surface area contributed by atoms with Crippen molar-refractivity contribution in [1.29, 1.82) is 0 Å². The molecule has 0 spiro atoms. The third-order valence-electron chi connectivity index (χ3n) is 3.80. The molecule has 2 N–H and O–H groups in total. The van der Waals surface area contributed by atoms with Crippen molar-refractivity contribution in [2.24, 2.45) is 4.99 Å². The second-order valence-electron chi connectivity index (χ2n) is 6.43. The van der Waals surface area contributed by atoms with Crippen molar-refractivity contribution in [3.05, 3.63) is 15.6 Å². The first-order valence-electron chi connectivity index (χ1n) is 9.12. The van der Waals surface area contributed by atoms with E-state index in [2.05, 4.69) is 53.5 Å². The first-order chi connectivity index (χ1) is 11.5. The molecule has 0 saturated heterocycles. The van der Waals surface area contributed by atoms with Crippen molar-refractivity contribution in [1.82, 2.24) is 20.5 Å². The van der Waals surface area contributed by atoms with Crippen LogP contribution < -0.4 is 10.6 Å². The molecule has 1 aromatic heterocycles. The van der Waals surface area contributed by atoms with Crippen LogP contribution in [-0.2, 0) is 6.54 Å². The van der Waals surface area contributed by atoms with E-state index in [4.69, 9.17) is 0 Å². The molecular formula is C18H35N5S. The molecule has 0 unspecified atom stereocenters. The number of guanidine groups is 1. The summed E-state index contributed by atoms with van der Waals surface area (Å²) in [5, 5.41) is 7.88. The van der Waals surface area contributed by atoms with E-state index in [-0.39, 0.29) is 0 Å². The lowest BCUT2D eigenvalue weighted by Gasteiger charge is -2.11. The van der Waals surface area contributed by atoms with Gasteiger partial charge in [-0.25, -0.2) is 9.98 Å². The third kappa shape index (κ3) is 9.23. The molecule has 0 radical (unpaired) electrons. The van der Waals surface area contributed by atoms with Crippen LogP contribution in [0.15, 0.2) is 4.99 Å². The number of unbranched alkanes of at least 4 members (excludes halogenated alkanes) is 4. The number of rotatable bonds is 11. The number of thiazole rings is 1. The Kier molecular flexibility index (Phi) is 10.7. The Morgan fingerprint density at radius 3 is 2.42 bits per heavy atom. The normalized spacial score (nSPS) is 12.0. The number of aromatic nitrogens is 1. The van der Waals surface area contributed by atoms with Crippen LogP contribution >= 0.6 is 11.3 Å². The average molecular weight is 354 g/mol. The maximum absolute atomic E-state index is 4.68. The largest absolute Gasteiger partial charge is 0.357 e. The fourth-order valence-corrected chi connectivity index (χ4v) is 3.36. The van der Waals surface area contributed by atoms with Crippen molar-refractivity contribution < 1.29 is 0 Å². The lowest BCUT2D eigenvalue weighted by atomic mass is 10.1. The van der Waals surface area contributed by atoms with Gasteiger partial charge in [0, 0.05) is 18.0 Å². The van der Waals surface area contributed by atoms with Crippen LogP contribution in [0.4, 0.5) is 0 Å². The monoisotopic (exact) mass is 353 g/mol. The molecule has 1 heterocycles. The van der Waals surface area contributed by atoms with Crippen LogP contribution in [0.2, 0.25) is 0 Å². The Bertz CT molecular complexity index is 482. The molecule has 0 aromatic carbocycles. The molecule has 0 amide bonds. The van der Waals surface area contributed by atoms with E-state index in [1.807, 2.05) is 6.92 Å². The SMILES string of the molecule is CCNC(=NCc1sc(C)nc1C)NCCCCCCCN(C)C. The predicted octanol–water partition coefficient (Wildman–Crippen LogP) is 3.33. The summed E-state index contributed by atoms with van der Waals surface area (Å²) in [6.07, 6.45) is 6.44. The van der Waals surface area contributed by atoms with Crippen LogP contribution in [0.3, 0.4) is 0 Å². The molecule has 0 aliphatic heterocycles. The van der Waals surface area contributed by atoms with Crippen LogP contribution in [0, 0.1) is 13.8 Å². The maximum atomic E-state index is 4.68. The minimum absolute atomic E-state index is 0.706. The topological polar surface area (TPSA) is 52.6 Å². The number of aryl methyl sites for hydroxylation is 2. The molecular weight excluding hydrogens is 318 g/mol. The fourth-order valence-electron chi connectivity index (χ4n) is 2.50. The zero-order valence-corrected chi connectivity index (χ0v) is 16.9. The van der Waals surface area contributed by atoms with Crippen LogP contribution in [0.5, 0.6) is 0 Å². The highest BCUT2D eigenvalue weighted by Crippen LogP contribution is 2.17. The van der Waals surface area contributed by atoms with E-state index in [9.17, 15) is 0 Å². The van der Waals surface area contributed by atoms with Gasteiger partial charge in [0.2, 0.25) is 0 Å². The Labute approximate surface area is 152 Å². The number of hydrogen-bond donors (Lipinski definition) is 2.